The van der Waals surface area contributed by atoms with Crippen molar-refractivity contribution in [3.63, 3.8) is 0 Å². The average molecular weight is 931 g/mol. The van der Waals surface area contributed by atoms with Gasteiger partial charge in [0.2, 0.25) is 0 Å². The van der Waals surface area contributed by atoms with Crippen molar-refractivity contribution in [2.45, 2.75) is 114 Å². The van der Waals surface area contributed by atoms with Crippen LogP contribution in [0.5, 0.6) is 17.2 Å². The molecule has 0 N–H and O–H groups in total. The van der Waals surface area contributed by atoms with Crippen molar-refractivity contribution >= 4 is 34.9 Å². The molecule has 6 heterocycles. The summed E-state index contributed by atoms with van der Waals surface area (Å²) in [4.78, 5) is 27.1. The molecule has 6 aliphatic heterocycles. The van der Waals surface area contributed by atoms with Crippen LogP contribution in [0.1, 0.15) is 83.9 Å². The predicted octanol–water partition coefficient (Wildman–Crippen LogP) is 8.24. The van der Waals surface area contributed by atoms with Crippen LogP contribution < -0.4 is 14.2 Å². The van der Waals surface area contributed by atoms with Gasteiger partial charge in [0, 0.05) is 61.0 Å². The minimum atomic E-state index is -0.534. The topological polar surface area (TPSA) is 155 Å². The number of benzene rings is 4. The van der Waals surface area contributed by atoms with E-state index in [0.717, 1.165) is 118 Å². The zero-order valence-corrected chi connectivity index (χ0v) is 38.7. The zero-order chi connectivity index (χ0) is 46.1. The third-order valence-corrected chi connectivity index (χ3v) is 13.0. The van der Waals surface area contributed by atoms with Gasteiger partial charge in [-0.25, -0.2) is 9.59 Å². The first-order valence-corrected chi connectivity index (χ1v) is 24.6. The molecule has 4 aromatic carbocycles. The van der Waals surface area contributed by atoms with E-state index in [2.05, 4.69) is 24.3 Å². The molecule has 13 heteroatoms. The normalized spacial score (nSPS) is 23.0. The average Bonchev–Trinajstić information content (AvgIpc) is 4.12. The first-order chi connectivity index (χ1) is 33.5. The summed E-state index contributed by atoms with van der Waals surface area (Å²) >= 11 is 0. The van der Waals surface area contributed by atoms with Gasteiger partial charge < -0.3 is 52.1 Å². The van der Waals surface area contributed by atoms with Crippen molar-refractivity contribution in [2.75, 3.05) is 59.5 Å². The highest BCUT2D eigenvalue weighted by molar-refractivity contribution is 5.99. The Labute approximate surface area is 397 Å². The van der Waals surface area contributed by atoms with E-state index in [1.54, 1.807) is 18.2 Å². The number of hydrogen-bond donors (Lipinski definition) is 0. The summed E-state index contributed by atoms with van der Waals surface area (Å²) in [6.07, 6.45) is 18.3. The Morgan fingerprint density at radius 2 is 1.01 bits per heavy atom. The zero-order valence-electron chi connectivity index (χ0n) is 38.7. The molecule has 6 atom stereocenters. The van der Waals surface area contributed by atoms with Crippen molar-refractivity contribution in [3.05, 3.63) is 112 Å². The smallest absolute Gasteiger partial charge is 0.336 e. The third-order valence-electron chi connectivity index (χ3n) is 13.0. The van der Waals surface area contributed by atoms with Crippen LogP contribution in [-0.4, -0.2) is 108 Å². The monoisotopic (exact) mass is 930 g/mol. The summed E-state index contributed by atoms with van der Waals surface area (Å²) in [5.74, 6) is 0.550. The Kier molecular flexibility index (Phi) is 15.6. The number of aryl methyl sites for hydroxylation is 1. The van der Waals surface area contributed by atoms with E-state index in [1.165, 1.54) is 28.8 Å². The fraction of sp³-hybridized carbons (Fsp3) is 0.491. The van der Waals surface area contributed by atoms with Gasteiger partial charge in [0.05, 0.1) is 57.5 Å². The third kappa shape index (κ3) is 14.1. The van der Waals surface area contributed by atoms with E-state index in [0.29, 0.717) is 74.4 Å². The number of esters is 2. The fourth-order valence-corrected chi connectivity index (χ4v) is 8.78. The number of hydrogen-bond acceptors (Lipinski definition) is 13. The molecule has 4 aromatic rings. The van der Waals surface area contributed by atoms with E-state index >= 15 is 0 Å². The van der Waals surface area contributed by atoms with Gasteiger partial charge in [0.15, 0.2) is 12.6 Å². The summed E-state index contributed by atoms with van der Waals surface area (Å²) < 4.78 is 62.7. The Bertz CT molecular complexity index is 2440. The van der Waals surface area contributed by atoms with Crippen LogP contribution in [0.15, 0.2) is 72.8 Å². The lowest BCUT2D eigenvalue weighted by molar-refractivity contribution is -0.129. The molecule has 0 radical (unpaired) electrons. The quantitative estimate of drug-likeness (QED) is 0.0162. The second-order valence-electron chi connectivity index (χ2n) is 18.5. The molecule has 0 aliphatic carbocycles. The molecular weight excluding hydrogens is 869 g/mol. The Morgan fingerprint density at radius 3 is 1.59 bits per heavy atom. The molecule has 68 heavy (non-hydrogen) atoms. The van der Waals surface area contributed by atoms with E-state index < -0.39 is 11.9 Å². The summed E-state index contributed by atoms with van der Waals surface area (Å²) in [5.41, 5.74) is 7.82. The number of unbranched alkanes of at least 4 members (excludes halogenated alkanes) is 3. The highest BCUT2D eigenvalue weighted by Crippen LogP contribution is 2.36. The van der Waals surface area contributed by atoms with E-state index in [9.17, 15) is 9.59 Å². The van der Waals surface area contributed by atoms with Crippen molar-refractivity contribution in [1.29, 1.82) is 0 Å². The van der Waals surface area contributed by atoms with Gasteiger partial charge in [0.1, 0.15) is 30.5 Å². The van der Waals surface area contributed by atoms with Crippen molar-refractivity contribution < 1.29 is 61.7 Å². The minimum absolute atomic E-state index is 0.0396. The Hall–Kier alpha value is -4.96. The molecule has 6 aliphatic rings. The molecule has 0 saturated carbocycles. The molecule has 0 bridgehead atoms. The highest BCUT2D eigenvalue weighted by Gasteiger charge is 2.31. The fourth-order valence-electron chi connectivity index (χ4n) is 8.78. The second-order valence-corrected chi connectivity index (χ2v) is 18.5. The maximum absolute atomic E-state index is 13.6. The van der Waals surface area contributed by atoms with Crippen molar-refractivity contribution in [3.8, 4) is 17.2 Å². The number of carbonyl (C=O) groups excluding carboxylic acids is 2. The highest BCUT2D eigenvalue weighted by atomic mass is 16.8. The first-order valence-electron chi connectivity index (χ1n) is 24.6. The van der Waals surface area contributed by atoms with Crippen LogP contribution >= 0.6 is 0 Å². The summed E-state index contributed by atoms with van der Waals surface area (Å²) in [6, 6.07) is 19.2. The van der Waals surface area contributed by atoms with E-state index in [4.69, 9.17) is 52.1 Å². The van der Waals surface area contributed by atoms with Crippen LogP contribution in [0.25, 0.3) is 22.9 Å². The van der Waals surface area contributed by atoms with Crippen molar-refractivity contribution in [2.24, 2.45) is 0 Å². The van der Waals surface area contributed by atoms with Crippen LogP contribution in [-0.2, 0) is 79.6 Å². The van der Waals surface area contributed by atoms with Crippen LogP contribution in [0.3, 0.4) is 0 Å². The van der Waals surface area contributed by atoms with Crippen molar-refractivity contribution in [1.82, 2.24) is 0 Å². The largest absolute Gasteiger partial charge is 0.493 e. The number of rotatable bonds is 30. The molecule has 0 aromatic heterocycles. The van der Waals surface area contributed by atoms with Crippen LogP contribution in [0.2, 0.25) is 0 Å². The van der Waals surface area contributed by atoms with Gasteiger partial charge >= 0.3 is 11.9 Å². The number of carbonyl (C=O) groups is 2. The van der Waals surface area contributed by atoms with E-state index in [-0.39, 0.29) is 30.9 Å². The second kappa shape index (κ2) is 22.6. The van der Waals surface area contributed by atoms with Gasteiger partial charge in [0.25, 0.3) is 0 Å². The number of epoxide rings is 6. The van der Waals surface area contributed by atoms with Gasteiger partial charge in [-0.1, -0.05) is 48.5 Å². The lowest BCUT2D eigenvalue weighted by Gasteiger charge is -2.18. The van der Waals surface area contributed by atoms with Gasteiger partial charge in [-0.05, 0) is 115 Å². The minimum Gasteiger partial charge on any atom is -0.493 e. The maximum atomic E-state index is 13.6. The Balaban J connectivity index is 0.814. The standard InChI is InChI=1S/C55H62O13/c56-51(22-18-36-15-17-39(27-41-31-62-41)47(28-42-32-63-42)44(36)11-5-8-25-59-54-35-66-54)67-49-20-21-50(46-13-2-1-12-45(46)49)68-52(57)23-19-37-14-16-38(9-3-6-24-58-53-34-65-53)55(48(37)29-43-33-64-43)60-26-7-4-10-40-30-61-40/h1-2,12-23,40-43,53-54H,3-11,24-35H2/b22-18+,23-19+. The molecule has 13 nitrogen and oxygen atoms in total. The van der Waals surface area contributed by atoms with Gasteiger partial charge in [-0.2, -0.15) is 0 Å². The molecular formula is C55H62O13. The number of ether oxygens (including phenoxy) is 11. The Morgan fingerprint density at radius 1 is 0.500 bits per heavy atom. The van der Waals surface area contributed by atoms with Crippen LogP contribution in [0, 0.1) is 0 Å². The molecule has 360 valence electrons. The molecule has 0 spiro atoms. The molecule has 0 amide bonds. The predicted molar refractivity (Wildman–Crippen MR) is 253 cm³/mol. The number of fused-ring (bicyclic) bond motifs is 1. The SMILES string of the molecule is O=C(/C=C/c1ccc(CC2CO2)c(CC2CO2)c1CCCCOC1CO1)Oc1ccc(OC(=O)/C=C/c2ccc(CCCCOC3CO3)c(OCCCCC3CO3)c2CC2CO2)c2ccccc12. The molecule has 6 fully saturated rings. The molecule has 10 rings (SSSR count). The van der Waals surface area contributed by atoms with Gasteiger partial charge in [-0.3, -0.25) is 0 Å². The van der Waals surface area contributed by atoms with Gasteiger partial charge in [-0.15, -0.1) is 0 Å². The summed E-state index contributed by atoms with van der Waals surface area (Å²) in [6.45, 7) is 6.37. The maximum Gasteiger partial charge on any atom is 0.336 e. The van der Waals surface area contributed by atoms with Crippen LogP contribution in [0.4, 0.5) is 0 Å². The first kappa shape index (κ1) is 46.8. The van der Waals surface area contributed by atoms with E-state index in [1.807, 2.05) is 30.3 Å². The lowest BCUT2D eigenvalue weighted by atomic mass is 9.88. The molecule has 6 unspecified atom stereocenters. The summed E-state index contributed by atoms with van der Waals surface area (Å²) in [7, 11) is 0. The summed E-state index contributed by atoms with van der Waals surface area (Å²) in [5, 5.41) is 1.28. The molecule has 6 saturated heterocycles. The lowest BCUT2D eigenvalue weighted by Crippen LogP contribution is -2.10.